The first-order chi connectivity index (χ1) is 18.5. The van der Waals surface area contributed by atoms with Crippen LogP contribution in [0.2, 0.25) is 0 Å². The van der Waals surface area contributed by atoms with Crippen molar-refractivity contribution in [2.24, 2.45) is 0 Å². The Balaban J connectivity index is 2.09. The van der Waals surface area contributed by atoms with Crippen molar-refractivity contribution in [3.63, 3.8) is 0 Å². The predicted octanol–water partition coefficient (Wildman–Crippen LogP) is 4.99. The summed E-state index contributed by atoms with van der Waals surface area (Å²) in [6.07, 6.45) is -0.683. The summed E-state index contributed by atoms with van der Waals surface area (Å²) in [6, 6.07) is 32.3. The van der Waals surface area contributed by atoms with E-state index >= 15 is 0 Å². The van der Waals surface area contributed by atoms with E-state index in [1.807, 2.05) is 79.7 Å². The molecule has 0 amide bonds. The van der Waals surface area contributed by atoms with Gasteiger partial charge in [-0.25, -0.2) is 0 Å². The number of hydrogen-bond donors (Lipinski definition) is 1. The minimum absolute atomic E-state index is 0.236. The lowest BCUT2D eigenvalue weighted by Gasteiger charge is -2.39. The van der Waals surface area contributed by atoms with Gasteiger partial charge in [-0.15, -0.1) is 0 Å². The van der Waals surface area contributed by atoms with Crippen molar-refractivity contribution in [2.45, 2.75) is 18.4 Å². The van der Waals surface area contributed by atoms with Gasteiger partial charge >= 0.3 is 0 Å². The molecule has 0 bridgehead atoms. The van der Waals surface area contributed by atoms with E-state index in [2.05, 4.69) is 24.3 Å². The summed E-state index contributed by atoms with van der Waals surface area (Å²) in [5.41, 5.74) is 0. The Morgan fingerprint density at radius 1 is 0.474 bits per heavy atom. The van der Waals surface area contributed by atoms with E-state index in [0.717, 1.165) is 44.2 Å². The van der Waals surface area contributed by atoms with Gasteiger partial charge in [-0.2, -0.15) is 0 Å². The quantitative estimate of drug-likeness (QED) is 0.268. The highest BCUT2D eigenvalue weighted by atomic mass is 31.2. The molecule has 0 aliphatic heterocycles. The summed E-state index contributed by atoms with van der Waals surface area (Å²) in [5, 5.41) is 15.6. The fourth-order valence-corrected chi connectivity index (χ4v) is 12.2. The third kappa shape index (κ3) is 5.66. The van der Waals surface area contributed by atoms with Crippen molar-refractivity contribution in [2.75, 3.05) is 28.4 Å². The lowest BCUT2D eigenvalue weighted by atomic mass is 10.3. The molecule has 198 valence electrons. The fourth-order valence-electron chi connectivity index (χ4n) is 4.69. The van der Waals surface area contributed by atoms with Gasteiger partial charge in [0, 0.05) is 26.6 Å². The van der Waals surface area contributed by atoms with Crippen LogP contribution in [0, 0.1) is 0 Å². The van der Waals surface area contributed by atoms with Crippen molar-refractivity contribution in [3.05, 3.63) is 97.1 Å². The number of benzene rings is 4. The van der Waals surface area contributed by atoms with Crippen LogP contribution in [0.1, 0.15) is 6.92 Å². The summed E-state index contributed by atoms with van der Waals surface area (Å²) in [5.74, 6) is 3.13. The number of ether oxygens (including phenoxy) is 4. The van der Waals surface area contributed by atoms with E-state index in [-0.39, 0.29) is 5.40 Å². The molecule has 0 fully saturated rings. The highest BCUT2D eigenvalue weighted by Gasteiger charge is 2.41. The summed E-state index contributed by atoms with van der Waals surface area (Å²) >= 11 is 0. The number of para-hydroxylation sites is 4. The second kappa shape index (κ2) is 13.1. The second-order valence-electron chi connectivity index (χ2n) is 8.58. The Hall–Kier alpha value is -3.10. The molecule has 38 heavy (non-hydrogen) atoms. The lowest BCUT2D eigenvalue weighted by Crippen LogP contribution is -2.35. The number of aliphatic hydroxyl groups is 1. The Morgan fingerprint density at radius 3 is 0.921 bits per heavy atom. The maximum Gasteiger partial charge on any atom is 0.126 e. The molecule has 0 spiro atoms. The van der Waals surface area contributed by atoms with Crippen molar-refractivity contribution in [1.29, 1.82) is 0 Å². The molecule has 0 aliphatic carbocycles. The van der Waals surface area contributed by atoms with Crippen LogP contribution in [0.5, 0.6) is 23.0 Å². The summed E-state index contributed by atoms with van der Waals surface area (Å²) in [4.78, 5) is 0. The van der Waals surface area contributed by atoms with E-state index in [1.165, 1.54) is 0 Å². The van der Waals surface area contributed by atoms with Crippen LogP contribution in [0.3, 0.4) is 0 Å². The largest absolute Gasteiger partial charge is 0.496 e. The van der Waals surface area contributed by atoms with Crippen molar-refractivity contribution < 1.29 is 24.1 Å². The van der Waals surface area contributed by atoms with E-state index in [4.69, 9.17) is 18.9 Å². The van der Waals surface area contributed by atoms with Crippen LogP contribution in [-0.4, -0.2) is 45.0 Å². The SMILES string of the molecule is COc1ccccc1P(c1ccccc1OC)C(C(C)O)P(c1ccccc1OC)c1ccccc1OC. The summed E-state index contributed by atoms with van der Waals surface area (Å²) < 4.78 is 23.5. The van der Waals surface area contributed by atoms with E-state index in [1.54, 1.807) is 28.4 Å². The minimum atomic E-state index is -1.21. The first-order valence-electron chi connectivity index (χ1n) is 12.3. The van der Waals surface area contributed by atoms with Crippen molar-refractivity contribution in [3.8, 4) is 23.0 Å². The molecule has 1 N–H and O–H groups in total. The first-order valence-corrected chi connectivity index (χ1v) is 15.2. The average molecular weight is 549 g/mol. The predicted molar refractivity (Wildman–Crippen MR) is 160 cm³/mol. The maximum atomic E-state index is 11.7. The van der Waals surface area contributed by atoms with Gasteiger partial charge in [0.2, 0.25) is 0 Å². The van der Waals surface area contributed by atoms with Crippen molar-refractivity contribution >= 4 is 37.1 Å². The molecule has 4 aromatic rings. The standard InChI is InChI=1S/C31H34O5P2/c1-22(32)31(37(27-18-10-6-14-23(27)33-2)28-19-11-7-15-24(28)34-3)38(29-20-12-8-16-25(29)35-4)30-21-13-9-17-26(30)36-5/h6-22,31-32H,1-5H3. The topological polar surface area (TPSA) is 57.2 Å². The number of methoxy groups -OCH3 is 4. The van der Waals surface area contributed by atoms with Crippen LogP contribution < -0.4 is 40.2 Å². The van der Waals surface area contributed by atoms with Crippen molar-refractivity contribution in [1.82, 2.24) is 0 Å². The molecule has 0 aliphatic rings. The fraction of sp³-hybridized carbons (Fsp3) is 0.226. The molecule has 7 heteroatoms. The highest BCUT2D eigenvalue weighted by molar-refractivity contribution is 7.90. The average Bonchev–Trinajstić information content (AvgIpc) is 2.97. The van der Waals surface area contributed by atoms with Gasteiger partial charge in [0.05, 0.1) is 34.5 Å². The molecule has 0 aromatic heterocycles. The zero-order chi connectivity index (χ0) is 27.1. The van der Waals surface area contributed by atoms with Crippen LogP contribution in [0.15, 0.2) is 97.1 Å². The van der Waals surface area contributed by atoms with Crippen LogP contribution in [-0.2, 0) is 0 Å². The zero-order valence-electron chi connectivity index (χ0n) is 22.4. The van der Waals surface area contributed by atoms with Crippen LogP contribution >= 0.6 is 15.8 Å². The van der Waals surface area contributed by atoms with E-state index in [9.17, 15) is 5.11 Å². The molecular formula is C31H34O5P2. The first kappa shape index (κ1) is 27.9. The van der Waals surface area contributed by atoms with Crippen LogP contribution in [0.4, 0.5) is 0 Å². The van der Waals surface area contributed by atoms with Gasteiger partial charge < -0.3 is 24.1 Å². The normalized spacial score (nSPS) is 12.0. The molecule has 4 aromatic carbocycles. The van der Waals surface area contributed by atoms with Gasteiger partial charge in [-0.3, -0.25) is 0 Å². The number of aliphatic hydroxyl groups excluding tert-OH is 1. The molecule has 0 saturated carbocycles. The third-order valence-corrected chi connectivity index (χ3v) is 13.2. The molecule has 1 atom stereocenters. The highest BCUT2D eigenvalue weighted by Crippen LogP contribution is 2.61. The van der Waals surface area contributed by atoms with E-state index in [0.29, 0.717) is 0 Å². The monoisotopic (exact) mass is 548 g/mol. The molecular weight excluding hydrogens is 514 g/mol. The zero-order valence-corrected chi connectivity index (χ0v) is 24.2. The summed E-state index contributed by atoms with van der Waals surface area (Å²) in [6.45, 7) is 1.88. The molecule has 1 unspecified atom stereocenters. The number of rotatable bonds is 11. The third-order valence-electron chi connectivity index (χ3n) is 6.34. The van der Waals surface area contributed by atoms with Gasteiger partial charge in [-0.05, 0) is 47.0 Å². The smallest absolute Gasteiger partial charge is 0.126 e. The molecule has 5 nitrogen and oxygen atoms in total. The molecule has 0 heterocycles. The molecule has 0 radical (unpaired) electrons. The minimum Gasteiger partial charge on any atom is -0.496 e. The Bertz CT molecular complexity index is 1150. The Labute approximate surface area is 227 Å². The summed E-state index contributed by atoms with van der Waals surface area (Å²) in [7, 11) is 4.34. The number of hydrogen-bond acceptors (Lipinski definition) is 5. The van der Waals surface area contributed by atoms with Gasteiger partial charge in [-0.1, -0.05) is 72.8 Å². The molecule has 0 saturated heterocycles. The van der Waals surface area contributed by atoms with Crippen LogP contribution in [0.25, 0.3) is 0 Å². The molecule has 4 rings (SSSR count). The second-order valence-corrected chi connectivity index (χ2v) is 13.5. The van der Waals surface area contributed by atoms with Gasteiger partial charge in [0.1, 0.15) is 23.0 Å². The Kier molecular flexibility index (Phi) is 9.63. The van der Waals surface area contributed by atoms with Gasteiger partial charge in [0.25, 0.3) is 0 Å². The van der Waals surface area contributed by atoms with Gasteiger partial charge in [0.15, 0.2) is 0 Å². The van der Waals surface area contributed by atoms with E-state index < -0.39 is 21.9 Å². The maximum absolute atomic E-state index is 11.7. The lowest BCUT2D eigenvalue weighted by molar-refractivity contribution is 0.211. The Morgan fingerprint density at radius 2 is 0.711 bits per heavy atom.